The van der Waals surface area contributed by atoms with Crippen molar-refractivity contribution in [2.24, 2.45) is 0 Å². The fourth-order valence-electron chi connectivity index (χ4n) is 2.70. The molecule has 0 amide bonds. The Morgan fingerprint density at radius 3 is 2.80 bits per heavy atom. The van der Waals surface area contributed by atoms with Gasteiger partial charge in [0.15, 0.2) is 5.13 Å². The molecule has 0 atom stereocenters. The maximum Gasteiger partial charge on any atom is 0.345 e. The lowest BCUT2D eigenvalue weighted by atomic mass is 10.1. The van der Waals surface area contributed by atoms with E-state index in [1.807, 2.05) is 41.8 Å². The zero-order valence-corrected chi connectivity index (χ0v) is 14.7. The molecule has 0 fully saturated rings. The van der Waals surface area contributed by atoms with Gasteiger partial charge in [0.25, 0.3) is 0 Å². The summed E-state index contributed by atoms with van der Waals surface area (Å²) in [5.41, 5.74) is 4.73. The Morgan fingerprint density at radius 1 is 1.08 bits per heavy atom. The van der Waals surface area contributed by atoms with Crippen molar-refractivity contribution >= 4 is 33.1 Å². The molecule has 0 unspecified atom stereocenters. The van der Waals surface area contributed by atoms with Crippen LogP contribution in [0, 0.1) is 13.8 Å². The highest BCUT2D eigenvalue weighted by Crippen LogP contribution is 2.29. The van der Waals surface area contributed by atoms with Crippen LogP contribution in [0.2, 0.25) is 0 Å². The molecular weight excluding hydrogens is 332 g/mol. The van der Waals surface area contributed by atoms with E-state index in [0.717, 1.165) is 16.2 Å². The summed E-state index contributed by atoms with van der Waals surface area (Å²) in [6.45, 7) is 4.15. The summed E-state index contributed by atoms with van der Waals surface area (Å²) in [5.74, 6) is 0. The predicted molar refractivity (Wildman–Crippen MR) is 103 cm³/mol. The zero-order valence-electron chi connectivity index (χ0n) is 13.9. The first-order valence-corrected chi connectivity index (χ1v) is 8.82. The summed E-state index contributed by atoms with van der Waals surface area (Å²) < 4.78 is 5.40. The molecule has 2 heterocycles. The van der Waals surface area contributed by atoms with Gasteiger partial charge in [0.1, 0.15) is 5.58 Å². The zero-order chi connectivity index (χ0) is 17.4. The molecule has 0 bridgehead atoms. The molecule has 0 saturated heterocycles. The minimum atomic E-state index is -0.373. The third-order valence-corrected chi connectivity index (χ3v) is 5.03. The van der Waals surface area contributed by atoms with Gasteiger partial charge >= 0.3 is 5.63 Å². The average molecular weight is 348 g/mol. The van der Waals surface area contributed by atoms with Crippen LogP contribution in [0.5, 0.6) is 0 Å². The van der Waals surface area contributed by atoms with Crippen LogP contribution in [-0.2, 0) is 0 Å². The van der Waals surface area contributed by atoms with E-state index in [0.29, 0.717) is 16.8 Å². The normalized spacial score (nSPS) is 11.0. The number of hydrogen-bond donors (Lipinski definition) is 1. The molecule has 25 heavy (non-hydrogen) atoms. The first-order chi connectivity index (χ1) is 12.1. The van der Waals surface area contributed by atoms with Crippen molar-refractivity contribution in [2.75, 3.05) is 5.32 Å². The van der Waals surface area contributed by atoms with E-state index in [4.69, 9.17) is 4.42 Å². The van der Waals surface area contributed by atoms with Crippen LogP contribution in [0.3, 0.4) is 0 Å². The molecule has 4 nitrogen and oxygen atoms in total. The topological polar surface area (TPSA) is 55.1 Å². The fourth-order valence-corrected chi connectivity index (χ4v) is 3.42. The lowest BCUT2D eigenvalue weighted by Crippen LogP contribution is -2.03. The number of aromatic nitrogens is 1. The molecule has 0 aliphatic carbocycles. The van der Waals surface area contributed by atoms with Gasteiger partial charge in [0, 0.05) is 16.5 Å². The van der Waals surface area contributed by atoms with Crippen LogP contribution in [0.4, 0.5) is 10.8 Å². The molecule has 1 N–H and O–H groups in total. The summed E-state index contributed by atoms with van der Waals surface area (Å²) in [5, 5.41) is 6.83. The van der Waals surface area contributed by atoms with E-state index in [-0.39, 0.29) is 5.63 Å². The number of aryl methyl sites for hydroxylation is 1. The number of benzene rings is 2. The van der Waals surface area contributed by atoms with Gasteiger partial charge in [-0.1, -0.05) is 30.3 Å². The molecule has 5 heteroatoms. The largest absolute Gasteiger partial charge is 0.422 e. The summed E-state index contributed by atoms with van der Waals surface area (Å²) >= 11 is 1.47. The van der Waals surface area contributed by atoms with E-state index in [9.17, 15) is 4.79 Å². The second kappa shape index (κ2) is 6.18. The van der Waals surface area contributed by atoms with Crippen LogP contribution in [-0.4, -0.2) is 4.98 Å². The SMILES string of the molecule is Cc1cccc(Nc2nc(-c3cc4ccccc4oc3=O)cs2)c1C. The van der Waals surface area contributed by atoms with E-state index in [1.165, 1.54) is 22.5 Å². The maximum absolute atomic E-state index is 12.3. The predicted octanol–water partition coefficient (Wildman–Crippen LogP) is 5.28. The van der Waals surface area contributed by atoms with Gasteiger partial charge in [-0.15, -0.1) is 11.3 Å². The number of hydrogen-bond acceptors (Lipinski definition) is 5. The van der Waals surface area contributed by atoms with Crippen LogP contribution < -0.4 is 10.9 Å². The van der Waals surface area contributed by atoms with Crippen LogP contribution >= 0.6 is 11.3 Å². The number of rotatable bonds is 3. The molecule has 0 saturated carbocycles. The number of nitrogens with one attached hydrogen (secondary N) is 1. The van der Waals surface area contributed by atoms with Gasteiger partial charge in [-0.2, -0.15) is 0 Å². The fraction of sp³-hybridized carbons (Fsp3) is 0.100. The van der Waals surface area contributed by atoms with Crippen molar-refractivity contribution in [2.45, 2.75) is 13.8 Å². The van der Waals surface area contributed by atoms with Crippen molar-refractivity contribution in [3.8, 4) is 11.3 Å². The summed E-state index contributed by atoms with van der Waals surface area (Å²) in [6, 6.07) is 15.4. The lowest BCUT2D eigenvalue weighted by Gasteiger charge is -2.08. The molecule has 2 aromatic heterocycles. The third kappa shape index (κ3) is 2.94. The Hall–Kier alpha value is -2.92. The van der Waals surface area contributed by atoms with E-state index >= 15 is 0 Å². The highest BCUT2D eigenvalue weighted by atomic mass is 32.1. The second-order valence-corrected chi connectivity index (χ2v) is 6.75. The van der Waals surface area contributed by atoms with Crippen LogP contribution in [0.25, 0.3) is 22.2 Å². The highest BCUT2D eigenvalue weighted by molar-refractivity contribution is 7.14. The molecule has 124 valence electrons. The molecule has 4 rings (SSSR count). The van der Waals surface area contributed by atoms with Crippen molar-refractivity contribution in [1.82, 2.24) is 4.98 Å². The Kier molecular flexibility index (Phi) is 3.86. The molecule has 0 radical (unpaired) electrons. The second-order valence-electron chi connectivity index (χ2n) is 5.90. The lowest BCUT2D eigenvalue weighted by molar-refractivity contribution is 0.563. The van der Waals surface area contributed by atoms with Crippen molar-refractivity contribution in [3.05, 3.63) is 75.5 Å². The molecule has 0 spiro atoms. The molecule has 0 aliphatic rings. The third-order valence-electron chi connectivity index (χ3n) is 4.27. The monoisotopic (exact) mass is 348 g/mol. The molecule has 0 aliphatic heterocycles. The minimum absolute atomic E-state index is 0.373. The summed E-state index contributed by atoms with van der Waals surface area (Å²) in [6.07, 6.45) is 0. The number of fused-ring (bicyclic) bond motifs is 1. The van der Waals surface area contributed by atoms with Gasteiger partial charge < -0.3 is 9.73 Å². The highest BCUT2D eigenvalue weighted by Gasteiger charge is 2.12. The Morgan fingerprint density at radius 2 is 1.92 bits per heavy atom. The molecule has 2 aromatic carbocycles. The first kappa shape index (κ1) is 15.6. The maximum atomic E-state index is 12.3. The van der Waals surface area contributed by atoms with Gasteiger partial charge in [-0.25, -0.2) is 9.78 Å². The Bertz CT molecular complexity index is 1130. The standard InChI is InChI=1S/C20H16N2O2S/c1-12-6-5-8-16(13(12)2)21-20-22-17(11-25-20)15-10-14-7-3-4-9-18(14)24-19(15)23/h3-11H,1-2H3,(H,21,22). The van der Waals surface area contributed by atoms with Crippen molar-refractivity contribution < 1.29 is 4.42 Å². The Balaban J connectivity index is 1.71. The van der Waals surface area contributed by atoms with E-state index in [1.54, 1.807) is 6.07 Å². The van der Waals surface area contributed by atoms with Crippen LogP contribution in [0.15, 0.2) is 63.1 Å². The summed E-state index contributed by atoms with van der Waals surface area (Å²) in [4.78, 5) is 16.8. The van der Waals surface area contributed by atoms with Gasteiger partial charge in [-0.05, 0) is 43.2 Å². The molecule has 4 aromatic rings. The van der Waals surface area contributed by atoms with Crippen LogP contribution in [0.1, 0.15) is 11.1 Å². The number of para-hydroxylation sites is 1. The Labute approximate surface area is 148 Å². The number of anilines is 2. The summed E-state index contributed by atoms with van der Waals surface area (Å²) in [7, 11) is 0. The van der Waals surface area contributed by atoms with Gasteiger partial charge in [0.05, 0.1) is 11.3 Å². The number of nitrogens with zero attached hydrogens (tertiary/aromatic N) is 1. The first-order valence-electron chi connectivity index (χ1n) is 7.94. The smallest absolute Gasteiger partial charge is 0.345 e. The number of thiazole rings is 1. The van der Waals surface area contributed by atoms with Crippen molar-refractivity contribution in [3.63, 3.8) is 0 Å². The van der Waals surface area contributed by atoms with Gasteiger partial charge in [0.2, 0.25) is 0 Å². The minimum Gasteiger partial charge on any atom is -0.422 e. The quantitative estimate of drug-likeness (QED) is 0.512. The van der Waals surface area contributed by atoms with E-state index in [2.05, 4.69) is 30.2 Å². The molecular formula is C20H16N2O2S. The van der Waals surface area contributed by atoms with E-state index < -0.39 is 0 Å². The average Bonchev–Trinajstić information content (AvgIpc) is 3.06. The van der Waals surface area contributed by atoms with Gasteiger partial charge in [-0.3, -0.25) is 0 Å². The van der Waals surface area contributed by atoms with Crippen molar-refractivity contribution in [1.29, 1.82) is 0 Å².